The lowest BCUT2D eigenvalue weighted by atomic mass is 10.1. The first-order valence-corrected chi connectivity index (χ1v) is 5.64. The maximum absolute atomic E-state index is 13.6. The van der Waals surface area contributed by atoms with E-state index in [0.29, 0.717) is 19.1 Å². The van der Waals surface area contributed by atoms with Crippen LogP contribution in [0.3, 0.4) is 0 Å². The topological polar surface area (TPSA) is 15.3 Å². The van der Waals surface area contributed by atoms with Gasteiger partial charge in [-0.1, -0.05) is 13.0 Å². The number of rotatable bonds is 2. The Labute approximate surface area is 94.3 Å². The summed E-state index contributed by atoms with van der Waals surface area (Å²) in [5.41, 5.74) is 0.113. The first kappa shape index (κ1) is 11.3. The molecular formula is C12H16F2N2. The number of hydrogen-bond acceptors (Lipinski definition) is 2. The molecule has 1 saturated heterocycles. The van der Waals surface area contributed by atoms with Crippen molar-refractivity contribution in [2.45, 2.75) is 19.4 Å². The number of halogens is 2. The number of benzene rings is 1. The van der Waals surface area contributed by atoms with E-state index >= 15 is 0 Å². The van der Waals surface area contributed by atoms with Crippen molar-refractivity contribution < 1.29 is 8.78 Å². The number of hydrogen-bond donors (Lipinski definition) is 1. The molecule has 1 heterocycles. The molecule has 4 heteroatoms. The number of nitrogens with one attached hydrogen (secondary N) is 1. The molecule has 0 bridgehead atoms. The van der Waals surface area contributed by atoms with Gasteiger partial charge in [0.1, 0.15) is 17.3 Å². The lowest BCUT2D eigenvalue weighted by Gasteiger charge is -2.35. The molecule has 1 aromatic carbocycles. The normalized spacial score (nSPS) is 21.2. The van der Waals surface area contributed by atoms with Crippen LogP contribution in [0.1, 0.15) is 13.3 Å². The highest BCUT2D eigenvalue weighted by Gasteiger charge is 2.22. The van der Waals surface area contributed by atoms with E-state index < -0.39 is 11.6 Å². The molecule has 1 N–H and O–H groups in total. The molecule has 88 valence electrons. The minimum Gasteiger partial charge on any atom is -0.364 e. The second-order valence-electron chi connectivity index (χ2n) is 4.08. The molecule has 0 saturated carbocycles. The molecule has 2 rings (SSSR count). The third kappa shape index (κ3) is 2.16. The summed E-state index contributed by atoms with van der Waals surface area (Å²) in [6, 6.07) is 4.32. The van der Waals surface area contributed by atoms with E-state index in [1.807, 2.05) is 0 Å². The molecule has 0 radical (unpaired) electrons. The van der Waals surface area contributed by atoms with Crippen LogP contribution in [0.4, 0.5) is 14.5 Å². The molecule has 0 spiro atoms. The fraction of sp³-hybridized carbons (Fsp3) is 0.500. The van der Waals surface area contributed by atoms with Gasteiger partial charge >= 0.3 is 0 Å². The highest BCUT2D eigenvalue weighted by atomic mass is 19.1. The largest absolute Gasteiger partial charge is 0.364 e. The van der Waals surface area contributed by atoms with Gasteiger partial charge < -0.3 is 10.2 Å². The van der Waals surface area contributed by atoms with E-state index in [0.717, 1.165) is 13.0 Å². The Morgan fingerprint density at radius 2 is 2.06 bits per heavy atom. The van der Waals surface area contributed by atoms with Crippen molar-refractivity contribution in [1.29, 1.82) is 0 Å². The van der Waals surface area contributed by atoms with Gasteiger partial charge in [0, 0.05) is 25.7 Å². The van der Waals surface area contributed by atoms with Gasteiger partial charge in [0.05, 0.1) is 0 Å². The average molecular weight is 226 g/mol. The number of para-hydroxylation sites is 1. The summed E-state index contributed by atoms with van der Waals surface area (Å²) >= 11 is 0. The third-order valence-corrected chi connectivity index (χ3v) is 3.00. The van der Waals surface area contributed by atoms with E-state index in [2.05, 4.69) is 12.2 Å². The zero-order valence-electron chi connectivity index (χ0n) is 9.34. The van der Waals surface area contributed by atoms with E-state index in [-0.39, 0.29) is 5.69 Å². The van der Waals surface area contributed by atoms with Crippen LogP contribution >= 0.6 is 0 Å². The van der Waals surface area contributed by atoms with Crippen molar-refractivity contribution in [1.82, 2.24) is 5.32 Å². The molecule has 1 aliphatic rings. The molecule has 2 nitrogen and oxygen atoms in total. The van der Waals surface area contributed by atoms with Crippen LogP contribution in [-0.2, 0) is 0 Å². The van der Waals surface area contributed by atoms with Gasteiger partial charge in [-0.15, -0.1) is 0 Å². The molecule has 1 aliphatic heterocycles. The summed E-state index contributed by atoms with van der Waals surface area (Å²) in [6.07, 6.45) is 0.965. The molecular weight excluding hydrogens is 210 g/mol. The Bertz CT molecular complexity index is 348. The van der Waals surface area contributed by atoms with E-state index in [9.17, 15) is 8.78 Å². The van der Waals surface area contributed by atoms with E-state index in [1.54, 1.807) is 4.90 Å². The van der Waals surface area contributed by atoms with Gasteiger partial charge in [-0.05, 0) is 18.6 Å². The Morgan fingerprint density at radius 1 is 1.38 bits per heavy atom. The van der Waals surface area contributed by atoms with Gasteiger partial charge in [-0.2, -0.15) is 0 Å². The maximum Gasteiger partial charge on any atom is 0.149 e. The lowest BCUT2D eigenvalue weighted by molar-refractivity contribution is 0.437. The Morgan fingerprint density at radius 3 is 2.69 bits per heavy atom. The van der Waals surface area contributed by atoms with Crippen molar-refractivity contribution >= 4 is 5.69 Å². The number of anilines is 1. The summed E-state index contributed by atoms with van der Waals surface area (Å²) in [6.45, 7) is 4.15. The third-order valence-electron chi connectivity index (χ3n) is 3.00. The SMILES string of the molecule is CCC1CN(c2c(F)cccc2F)CCN1. The number of piperazine rings is 1. The van der Waals surface area contributed by atoms with Crippen LogP contribution < -0.4 is 10.2 Å². The average Bonchev–Trinajstić information content (AvgIpc) is 2.29. The molecule has 0 amide bonds. The predicted molar refractivity (Wildman–Crippen MR) is 60.7 cm³/mol. The van der Waals surface area contributed by atoms with Crippen LogP contribution in [0, 0.1) is 11.6 Å². The summed E-state index contributed by atoms with van der Waals surface area (Å²) in [5.74, 6) is -0.950. The molecule has 1 atom stereocenters. The zero-order chi connectivity index (χ0) is 11.5. The fourth-order valence-corrected chi connectivity index (χ4v) is 2.09. The Hall–Kier alpha value is -1.16. The summed E-state index contributed by atoms with van der Waals surface area (Å²) in [7, 11) is 0. The van der Waals surface area contributed by atoms with Crippen molar-refractivity contribution in [3.05, 3.63) is 29.8 Å². The van der Waals surface area contributed by atoms with Gasteiger partial charge in [0.2, 0.25) is 0 Å². The quantitative estimate of drug-likeness (QED) is 0.831. The fourth-order valence-electron chi connectivity index (χ4n) is 2.09. The maximum atomic E-state index is 13.6. The predicted octanol–water partition coefficient (Wildman–Crippen LogP) is 2.15. The first-order chi connectivity index (χ1) is 7.72. The van der Waals surface area contributed by atoms with Crippen molar-refractivity contribution in [2.75, 3.05) is 24.5 Å². The van der Waals surface area contributed by atoms with Crippen LogP contribution in [0.15, 0.2) is 18.2 Å². The molecule has 1 unspecified atom stereocenters. The molecule has 1 fully saturated rings. The highest BCUT2D eigenvalue weighted by molar-refractivity contribution is 5.49. The molecule has 0 aliphatic carbocycles. The van der Waals surface area contributed by atoms with Crippen molar-refractivity contribution in [2.24, 2.45) is 0 Å². The monoisotopic (exact) mass is 226 g/mol. The van der Waals surface area contributed by atoms with Gasteiger partial charge in [-0.3, -0.25) is 0 Å². The van der Waals surface area contributed by atoms with Crippen LogP contribution in [-0.4, -0.2) is 25.7 Å². The summed E-state index contributed by atoms with van der Waals surface area (Å²) in [5, 5.41) is 3.32. The molecule has 0 aromatic heterocycles. The Kier molecular flexibility index (Phi) is 3.39. The second kappa shape index (κ2) is 4.78. The van der Waals surface area contributed by atoms with Crippen LogP contribution in [0.25, 0.3) is 0 Å². The van der Waals surface area contributed by atoms with Gasteiger partial charge in [0.15, 0.2) is 0 Å². The summed E-state index contributed by atoms with van der Waals surface area (Å²) < 4.78 is 27.1. The first-order valence-electron chi connectivity index (χ1n) is 5.64. The van der Waals surface area contributed by atoms with Crippen molar-refractivity contribution in [3.8, 4) is 0 Å². The van der Waals surface area contributed by atoms with Crippen molar-refractivity contribution in [3.63, 3.8) is 0 Å². The minimum atomic E-state index is -0.475. The standard InChI is InChI=1S/C12H16F2N2/c1-2-9-8-16(7-6-15-9)12-10(13)4-3-5-11(12)14/h3-5,9,15H,2,6-8H2,1H3. The molecule has 16 heavy (non-hydrogen) atoms. The summed E-state index contributed by atoms with van der Waals surface area (Å²) in [4.78, 5) is 1.79. The zero-order valence-corrected chi connectivity index (χ0v) is 9.34. The van der Waals surface area contributed by atoms with E-state index in [4.69, 9.17) is 0 Å². The highest BCUT2D eigenvalue weighted by Crippen LogP contribution is 2.24. The van der Waals surface area contributed by atoms with E-state index in [1.165, 1.54) is 18.2 Å². The van der Waals surface area contributed by atoms with Crippen LogP contribution in [0.5, 0.6) is 0 Å². The lowest BCUT2D eigenvalue weighted by Crippen LogP contribution is -2.50. The number of nitrogens with zero attached hydrogens (tertiary/aromatic N) is 1. The van der Waals surface area contributed by atoms with Gasteiger partial charge in [-0.25, -0.2) is 8.78 Å². The Balaban J connectivity index is 2.23. The van der Waals surface area contributed by atoms with Crippen LogP contribution in [0.2, 0.25) is 0 Å². The molecule has 1 aromatic rings. The second-order valence-corrected chi connectivity index (χ2v) is 4.08. The smallest absolute Gasteiger partial charge is 0.149 e. The minimum absolute atomic E-state index is 0.113. The van der Waals surface area contributed by atoms with Gasteiger partial charge in [0.25, 0.3) is 0 Å².